The lowest BCUT2D eigenvalue weighted by Crippen LogP contribution is -2.26. The van der Waals surface area contributed by atoms with Crippen LogP contribution < -0.4 is 0 Å². The van der Waals surface area contributed by atoms with Crippen molar-refractivity contribution >= 4 is 12.2 Å². The molecule has 1 heterocycles. The Labute approximate surface area is 48.0 Å². The second-order valence-corrected chi connectivity index (χ2v) is 1.92. The zero-order chi connectivity index (χ0) is 6.15. The van der Waals surface area contributed by atoms with Gasteiger partial charge >= 0.3 is 0 Å². The fraction of sp³-hybridized carbons (Fsp3) is 0.600. The lowest BCUT2D eigenvalue weighted by Gasteiger charge is -2.09. The summed E-state index contributed by atoms with van der Waals surface area (Å²) in [5.41, 5.74) is 0. The highest BCUT2D eigenvalue weighted by Crippen LogP contribution is 2.00. The zero-order valence-corrected chi connectivity index (χ0v) is 4.96. The summed E-state index contributed by atoms with van der Waals surface area (Å²) in [6, 6.07) is -0.0463. The molecule has 1 unspecified atom stereocenters. The molecule has 8 heavy (non-hydrogen) atoms. The van der Waals surface area contributed by atoms with Crippen molar-refractivity contribution in [2.45, 2.75) is 13.0 Å². The molecule has 1 atom stereocenters. The van der Waals surface area contributed by atoms with Gasteiger partial charge in [0.25, 0.3) is 5.91 Å². The average Bonchev–Trinajstić information content (AvgIpc) is 1.98. The van der Waals surface area contributed by atoms with E-state index in [1.54, 1.807) is 11.2 Å². The molecule has 0 aromatic carbocycles. The fourth-order valence-electron chi connectivity index (χ4n) is 0.530. The first-order chi connectivity index (χ1) is 3.72. The van der Waals surface area contributed by atoms with Gasteiger partial charge in [-0.05, 0) is 6.92 Å². The Morgan fingerprint density at radius 2 is 2.50 bits per heavy atom. The number of hydrogen-bond donors (Lipinski definition) is 0. The average molecular weight is 112 g/mol. The minimum Gasteiger partial charge on any atom is -0.354 e. The van der Waals surface area contributed by atoms with Gasteiger partial charge < -0.3 is 4.90 Å². The van der Waals surface area contributed by atoms with E-state index in [1.165, 1.54) is 0 Å². The summed E-state index contributed by atoms with van der Waals surface area (Å²) < 4.78 is 0. The maximum atomic E-state index is 10.5. The van der Waals surface area contributed by atoms with Crippen LogP contribution in [0.2, 0.25) is 0 Å². The van der Waals surface area contributed by atoms with Gasteiger partial charge in [-0.1, -0.05) is 0 Å². The fourth-order valence-corrected chi connectivity index (χ4v) is 0.530. The molecule has 0 aromatic heterocycles. The summed E-state index contributed by atoms with van der Waals surface area (Å²) in [4.78, 5) is 15.9. The quantitative estimate of drug-likeness (QED) is 0.437. The Balaban J connectivity index is 2.69. The van der Waals surface area contributed by atoms with E-state index in [2.05, 4.69) is 4.99 Å². The summed E-state index contributed by atoms with van der Waals surface area (Å²) in [6.45, 7) is 1.83. The first-order valence-electron chi connectivity index (χ1n) is 2.52. The second-order valence-electron chi connectivity index (χ2n) is 1.92. The Morgan fingerprint density at radius 1 is 1.88 bits per heavy atom. The van der Waals surface area contributed by atoms with Gasteiger partial charge in [0.2, 0.25) is 0 Å². The van der Waals surface area contributed by atoms with Crippen LogP contribution in [0.5, 0.6) is 0 Å². The molecule has 1 rings (SSSR count). The molecule has 0 N–H and O–H groups in total. The third kappa shape index (κ3) is 0.598. The van der Waals surface area contributed by atoms with Crippen molar-refractivity contribution in [3.05, 3.63) is 0 Å². The number of aliphatic imine (C=N–C) groups is 1. The smallest absolute Gasteiger partial charge is 0.269 e. The van der Waals surface area contributed by atoms with Gasteiger partial charge in [0.15, 0.2) is 0 Å². The van der Waals surface area contributed by atoms with Crippen molar-refractivity contribution in [2.24, 2.45) is 4.99 Å². The van der Waals surface area contributed by atoms with Crippen LogP contribution in [0.1, 0.15) is 6.92 Å². The van der Waals surface area contributed by atoms with E-state index in [0.717, 1.165) is 0 Å². The number of nitrogens with zero attached hydrogens (tertiary/aromatic N) is 2. The molecule has 1 amide bonds. The maximum absolute atomic E-state index is 10.5. The SMILES string of the molecule is CC1C(=O)N=CN1C. The van der Waals surface area contributed by atoms with E-state index >= 15 is 0 Å². The number of rotatable bonds is 0. The van der Waals surface area contributed by atoms with Crippen molar-refractivity contribution in [1.82, 2.24) is 4.90 Å². The van der Waals surface area contributed by atoms with Crippen LogP contribution in [0.4, 0.5) is 0 Å². The zero-order valence-electron chi connectivity index (χ0n) is 4.96. The Hall–Kier alpha value is -0.860. The number of carbonyl (C=O) groups is 1. The summed E-state index contributed by atoms with van der Waals surface area (Å²) in [7, 11) is 1.83. The van der Waals surface area contributed by atoms with Crippen LogP contribution in [0.25, 0.3) is 0 Å². The normalized spacial score (nSPS) is 27.5. The van der Waals surface area contributed by atoms with Gasteiger partial charge in [-0.2, -0.15) is 0 Å². The van der Waals surface area contributed by atoms with E-state index in [1.807, 2.05) is 14.0 Å². The highest BCUT2D eigenvalue weighted by molar-refractivity contribution is 5.94. The van der Waals surface area contributed by atoms with Gasteiger partial charge in [-0.15, -0.1) is 0 Å². The molecule has 0 fully saturated rings. The van der Waals surface area contributed by atoms with Crippen molar-refractivity contribution in [3.63, 3.8) is 0 Å². The third-order valence-electron chi connectivity index (χ3n) is 1.34. The third-order valence-corrected chi connectivity index (χ3v) is 1.34. The minimum absolute atomic E-state index is 0.0463. The van der Waals surface area contributed by atoms with Gasteiger partial charge in [0, 0.05) is 7.05 Å². The molecule has 0 bridgehead atoms. The Morgan fingerprint density at radius 3 is 2.62 bits per heavy atom. The lowest BCUT2D eigenvalue weighted by molar-refractivity contribution is -0.119. The predicted molar refractivity (Wildman–Crippen MR) is 30.7 cm³/mol. The van der Waals surface area contributed by atoms with Crippen LogP contribution in [0.3, 0.4) is 0 Å². The van der Waals surface area contributed by atoms with Gasteiger partial charge in [0.1, 0.15) is 6.04 Å². The Kier molecular flexibility index (Phi) is 1.04. The maximum Gasteiger partial charge on any atom is 0.269 e. The van der Waals surface area contributed by atoms with E-state index in [0.29, 0.717) is 0 Å². The number of amides is 1. The topological polar surface area (TPSA) is 32.7 Å². The number of likely N-dealkylation sites (N-methyl/N-ethyl adjacent to an activating group) is 1. The highest BCUT2D eigenvalue weighted by Gasteiger charge is 2.19. The molecule has 0 aliphatic carbocycles. The standard InChI is InChI=1S/C5H8N2O/c1-4-5(8)6-3-7(4)2/h3-4H,1-2H3. The largest absolute Gasteiger partial charge is 0.354 e. The van der Waals surface area contributed by atoms with Crippen LogP contribution in [0, 0.1) is 0 Å². The lowest BCUT2D eigenvalue weighted by atomic mass is 10.3. The molecule has 0 saturated heterocycles. The van der Waals surface area contributed by atoms with Gasteiger partial charge in [0.05, 0.1) is 6.34 Å². The molecular weight excluding hydrogens is 104 g/mol. The van der Waals surface area contributed by atoms with E-state index in [4.69, 9.17) is 0 Å². The van der Waals surface area contributed by atoms with Crippen molar-refractivity contribution in [3.8, 4) is 0 Å². The number of carbonyl (C=O) groups excluding carboxylic acids is 1. The molecule has 0 saturated carbocycles. The molecule has 1 aliphatic heterocycles. The summed E-state index contributed by atoms with van der Waals surface area (Å²) in [6.07, 6.45) is 1.55. The van der Waals surface area contributed by atoms with Crippen LogP contribution >= 0.6 is 0 Å². The summed E-state index contributed by atoms with van der Waals surface area (Å²) >= 11 is 0. The molecule has 0 aromatic rings. The molecule has 3 heteroatoms. The minimum atomic E-state index is -0.0486. The first-order valence-corrected chi connectivity index (χ1v) is 2.52. The van der Waals surface area contributed by atoms with Crippen LogP contribution in [-0.4, -0.2) is 30.2 Å². The molecule has 1 aliphatic rings. The summed E-state index contributed by atoms with van der Waals surface area (Å²) in [5, 5.41) is 0. The molecule has 3 nitrogen and oxygen atoms in total. The van der Waals surface area contributed by atoms with Crippen LogP contribution in [0.15, 0.2) is 4.99 Å². The Bertz CT molecular complexity index is 141. The van der Waals surface area contributed by atoms with E-state index in [-0.39, 0.29) is 11.9 Å². The molecule has 0 spiro atoms. The molecule has 0 radical (unpaired) electrons. The van der Waals surface area contributed by atoms with Gasteiger partial charge in [-0.25, -0.2) is 4.99 Å². The highest BCUT2D eigenvalue weighted by atomic mass is 16.2. The summed E-state index contributed by atoms with van der Waals surface area (Å²) in [5.74, 6) is -0.0486. The predicted octanol–water partition coefficient (Wildman–Crippen LogP) is -0.125. The molecule has 44 valence electrons. The first kappa shape index (κ1) is 5.28. The molecular formula is C5H8N2O. The van der Waals surface area contributed by atoms with E-state index in [9.17, 15) is 4.79 Å². The van der Waals surface area contributed by atoms with E-state index < -0.39 is 0 Å². The second kappa shape index (κ2) is 1.58. The number of hydrogen-bond acceptors (Lipinski definition) is 2. The van der Waals surface area contributed by atoms with Gasteiger partial charge in [-0.3, -0.25) is 4.79 Å². The van der Waals surface area contributed by atoms with Crippen molar-refractivity contribution in [2.75, 3.05) is 7.05 Å². The van der Waals surface area contributed by atoms with Crippen LogP contribution in [-0.2, 0) is 4.79 Å². The monoisotopic (exact) mass is 112 g/mol. The van der Waals surface area contributed by atoms with Crippen molar-refractivity contribution < 1.29 is 4.79 Å². The van der Waals surface area contributed by atoms with Crippen molar-refractivity contribution in [1.29, 1.82) is 0 Å².